The summed E-state index contributed by atoms with van der Waals surface area (Å²) in [5.74, 6) is 0.174. The first-order chi connectivity index (χ1) is 12.2. The highest BCUT2D eigenvalue weighted by atomic mass is 79.9. The molecule has 4 rings (SSSR count). The number of Topliss-reactive ketones (excluding diaryl/α,β-unsaturated/α-hetero) is 1. The van der Waals surface area contributed by atoms with Crippen molar-refractivity contribution in [3.8, 4) is 5.69 Å². The second-order valence-electron chi connectivity index (χ2n) is 6.17. The van der Waals surface area contributed by atoms with E-state index in [0.717, 1.165) is 33.6 Å². The molecule has 1 aromatic heterocycles. The number of thioether (sulfide) groups is 1. The third-order valence-electron chi connectivity index (χ3n) is 4.83. The molecule has 0 spiro atoms. The van der Waals surface area contributed by atoms with Gasteiger partial charge in [0.05, 0.1) is 11.4 Å². The minimum atomic E-state index is -0.604. The Bertz CT molecular complexity index is 931. The zero-order valence-electron chi connectivity index (χ0n) is 13.9. The van der Waals surface area contributed by atoms with Crippen LogP contribution in [0.15, 0.2) is 71.8 Å². The van der Waals surface area contributed by atoms with Crippen LogP contribution in [0, 0.1) is 0 Å². The van der Waals surface area contributed by atoms with Gasteiger partial charge in [-0.15, -0.1) is 11.8 Å². The van der Waals surface area contributed by atoms with Gasteiger partial charge in [-0.1, -0.05) is 59.3 Å². The second-order valence-corrected chi connectivity index (χ2v) is 8.08. The maximum absolute atomic E-state index is 13.6. The van der Waals surface area contributed by atoms with Gasteiger partial charge in [-0.3, -0.25) is 4.79 Å². The number of carbonyl (C=O) groups excluding carboxylic acids is 1. The molecule has 126 valence electrons. The van der Waals surface area contributed by atoms with Crippen molar-refractivity contribution in [2.24, 2.45) is 0 Å². The molecule has 1 aliphatic heterocycles. The first kappa shape index (κ1) is 16.7. The van der Waals surface area contributed by atoms with E-state index in [-0.39, 0.29) is 5.78 Å². The van der Waals surface area contributed by atoms with E-state index in [9.17, 15) is 4.79 Å². The van der Waals surface area contributed by atoms with Crippen LogP contribution in [-0.4, -0.2) is 10.4 Å². The minimum Gasteiger partial charge on any atom is -0.313 e. The second kappa shape index (κ2) is 6.50. The number of nitrogens with zero attached hydrogens (tertiary/aromatic N) is 1. The molecule has 0 aliphatic carbocycles. The first-order valence-electron chi connectivity index (χ1n) is 8.35. The van der Waals surface area contributed by atoms with E-state index in [2.05, 4.69) is 59.3 Å². The zero-order chi connectivity index (χ0) is 17.4. The van der Waals surface area contributed by atoms with E-state index in [1.807, 2.05) is 35.0 Å². The molecule has 25 heavy (non-hydrogen) atoms. The van der Waals surface area contributed by atoms with Gasteiger partial charge in [0, 0.05) is 16.4 Å². The quantitative estimate of drug-likeness (QED) is 0.495. The monoisotopic (exact) mass is 411 g/mol. The van der Waals surface area contributed by atoms with Gasteiger partial charge in [0.2, 0.25) is 0 Å². The average molecular weight is 412 g/mol. The van der Waals surface area contributed by atoms with Crippen LogP contribution in [0.2, 0.25) is 0 Å². The molecule has 0 amide bonds. The molecule has 1 aliphatic rings. The predicted molar refractivity (Wildman–Crippen MR) is 107 cm³/mol. The summed E-state index contributed by atoms with van der Waals surface area (Å²) in [6.07, 6.45) is 2.72. The van der Waals surface area contributed by atoms with Crippen molar-refractivity contribution in [2.45, 2.75) is 28.3 Å². The normalized spacial score (nSPS) is 19.2. The minimum absolute atomic E-state index is 0.174. The molecule has 0 saturated heterocycles. The summed E-state index contributed by atoms with van der Waals surface area (Å²) < 4.78 is 1.42. The molecule has 2 aromatic carbocycles. The summed E-state index contributed by atoms with van der Waals surface area (Å²) in [6, 6.07) is 20.6. The highest BCUT2D eigenvalue weighted by Crippen LogP contribution is 2.50. The number of alkyl halides is 1. The lowest BCUT2D eigenvalue weighted by Gasteiger charge is -2.30. The number of fused-ring (bicyclic) bond motifs is 3. The SMILES string of the molecule is CCC1(c2ccc(CBr)cc2)Sc2ccccc2-n2cccc2C1=O. The standard InChI is InChI=1S/C21H18BrNOS/c1-2-21(16-11-9-15(14-22)10-12-16)20(24)18-7-5-13-23(18)17-6-3-4-8-19(17)25-21/h3-13H,2,14H2,1H3. The fourth-order valence-electron chi connectivity index (χ4n) is 3.45. The van der Waals surface area contributed by atoms with Gasteiger partial charge in [-0.25, -0.2) is 0 Å². The molecular formula is C21H18BrNOS. The van der Waals surface area contributed by atoms with E-state index >= 15 is 0 Å². The maximum atomic E-state index is 13.6. The molecule has 1 atom stereocenters. The molecular weight excluding hydrogens is 394 g/mol. The van der Waals surface area contributed by atoms with E-state index in [1.165, 1.54) is 5.56 Å². The number of hydrogen-bond acceptors (Lipinski definition) is 2. The van der Waals surface area contributed by atoms with E-state index in [0.29, 0.717) is 0 Å². The smallest absolute Gasteiger partial charge is 0.200 e. The highest BCUT2D eigenvalue weighted by molar-refractivity contribution is 9.08. The van der Waals surface area contributed by atoms with Crippen molar-refractivity contribution < 1.29 is 4.79 Å². The van der Waals surface area contributed by atoms with Crippen LogP contribution in [0.5, 0.6) is 0 Å². The Kier molecular flexibility index (Phi) is 4.34. The molecule has 0 saturated carbocycles. The number of aromatic nitrogens is 1. The summed E-state index contributed by atoms with van der Waals surface area (Å²) >= 11 is 5.17. The molecule has 0 bridgehead atoms. The summed E-state index contributed by atoms with van der Waals surface area (Å²) in [6.45, 7) is 2.10. The highest BCUT2D eigenvalue weighted by Gasteiger charge is 2.43. The number of carbonyl (C=O) groups is 1. The topological polar surface area (TPSA) is 22.0 Å². The molecule has 1 unspecified atom stereocenters. The molecule has 0 N–H and O–H groups in total. The van der Waals surface area contributed by atoms with Crippen molar-refractivity contribution in [1.29, 1.82) is 0 Å². The number of halogens is 1. The lowest BCUT2D eigenvalue weighted by Crippen LogP contribution is -2.32. The lowest BCUT2D eigenvalue weighted by atomic mass is 9.89. The Labute approximate surface area is 160 Å². The largest absolute Gasteiger partial charge is 0.313 e. The van der Waals surface area contributed by atoms with Gasteiger partial charge in [-0.2, -0.15) is 0 Å². The van der Waals surface area contributed by atoms with Crippen LogP contribution < -0.4 is 0 Å². The van der Waals surface area contributed by atoms with Crippen LogP contribution in [0.3, 0.4) is 0 Å². The fraction of sp³-hybridized carbons (Fsp3) is 0.190. The van der Waals surface area contributed by atoms with E-state index in [1.54, 1.807) is 11.8 Å². The molecule has 3 aromatic rings. The van der Waals surface area contributed by atoms with Gasteiger partial charge in [0.25, 0.3) is 0 Å². The number of ketones is 1. The van der Waals surface area contributed by atoms with Gasteiger partial charge >= 0.3 is 0 Å². The molecule has 4 heteroatoms. The Balaban J connectivity index is 1.95. The van der Waals surface area contributed by atoms with Crippen molar-refractivity contribution in [2.75, 3.05) is 0 Å². The summed E-state index contributed by atoms with van der Waals surface area (Å²) in [5.41, 5.74) is 4.11. The van der Waals surface area contributed by atoms with Crippen molar-refractivity contribution >= 4 is 33.5 Å². The van der Waals surface area contributed by atoms with Gasteiger partial charge in [0.15, 0.2) is 5.78 Å². The number of para-hydroxylation sites is 1. The van der Waals surface area contributed by atoms with Crippen molar-refractivity contribution in [1.82, 2.24) is 4.57 Å². The van der Waals surface area contributed by atoms with Crippen LogP contribution in [-0.2, 0) is 10.1 Å². The number of rotatable bonds is 3. The zero-order valence-corrected chi connectivity index (χ0v) is 16.3. The Morgan fingerprint density at radius 1 is 1.04 bits per heavy atom. The fourth-order valence-corrected chi connectivity index (χ4v) is 5.21. The van der Waals surface area contributed by atoms with Gasteiger partial charge in [-0.05, 0) is 41.8 Å². The number of benzene rings is 2. The molecule has 0 fully saturated rings. The summed E-state index contributed by atoms with van der Waals surface area (Å²) in [5, 5.41) is 0.819. The van der Waals surface area contributed by atoms with Crippen LogP contribution >= 0.6 is 27.7 Å². The van der Waals surface area contributed by atoms with Gasteiger partial charge < -0.3 is 4.57 Å². The Morgan fingerprint density at radius 2 is 1.80 bits per heavy atom. The van der Waals surface area contributed by atoms with Crippen LogP contribution in [0.25, 0.3) is 5.69 Å². The third-order valence-corrected chi connectivity index (χ3v) is 7.10. The van der Waals surface area contributed by atoms with Gasteiger partial charge in [0.1, 0.15) is 4.75 Å². The molecule has 2 nitrogen and oxygen atoms in total. The summed E-state index contributed by atoms with van der Waals surface area (Å²) in [7, 11) is 0. The third kappa shape index (κ3) is 2.59. The Hall–Kier alpha value is -1.78. The van der Waals surface area contributed by atoms with E-state index in [4.69, 9.17) is 0 Å². The van der Waals surface area contributed by atoms with Crippen LogP contribution in [0.4, 0.5) is 0 Å². The van der Waals surface area contributed by atoms with Crippen LogP contribution in [0.1, 0.15) is 35.0 Å². The molecule has 0 radical (unpaired) electrons. The lowest BCUT2D eigenvalue weighted by molar-refractivity contribution is 0.0933. The Morgan fingerprint density at radius 3 is 2.52 bits per heavy atom. The average Bonchev–Trinajstić information content (AvgIpc) is 3.12. The predicted octanol–water partition coefficient (Wildman–Crippen LogP) is 5.97. The summed E-state index contributed by atoms with van der Waals surface area (Å²) in [4.78, 5) is 14.8. The first-order valence-corrected chi connectivity index (χ1v) is 10.3. The molecule has 2 heterocycles. The number of hydrogen-bond donors (Lipinski definition) is 0. The van der Waals surface area contributed by atoms with E-state index < -0.39 is 4.75 Å². The van der Waals surface area contributed by atoms with Crippen molar-refractivity contribution in [3.05, 3.63) is 83.7 Å². The maximum Gasteiger partial charge on any atom is 0.200 e. The van der Waals surface area contributed by atoms with Crippen molar-refractivity contribution in [3.63, 3.8) is 0 Å².